The fourth-order valence-corrected chi connectivity index (χ4v) is 1.75. The van der Waals surface area contributed by atoms with E-state index in [9.17, 15) is 0 Å². The molecule has 0 bridgehead atoms. The predicted molar refractivity (Wildman–Crippen MR) is 64.1 cm³/mol. The summed E-state index contributed by atoms with van der Waals surface area (Å²) in [5.41, 5.74) is 0. The van der Waals surface area contributed by atoms with E-state index in [0.717, 1.165) is 6.42 Å². The van der Waals surface area contributed by atoms with Gasteiger partial charge in [-0.25, -0.2) is 0 Å². The molecule has 0 unspecified atom stereocenters. The highest BCUT2D eigenvalue weighted by molar-refractivity contribution is 4.92. The van der Waals surface area contributed by atoms with Gasteiger partial charge < -0.3 is 0 Å². The lowest BCUT2D eigenvalue weighted by molar-refractivity contribution is 0.673. The molecule has 0 aromatic carbocycles. The first kappa shape index (κ1) is 11.6. The Morgan fingerprint density at radius 2 is 1.00 bits per heavy atom. The van der Waals surface area contributed by atoms with Gasteiger partial charge in [0.15, 0.2) is 0 Å². The molecule has 1 radical (unpaired) electrons. The van der Waals surface area contributed by atoms with Crippen molar-refractivity contribution in [2.45, 2.75) is 57.8 Å². The highest BCUT2D eigenvalue weighted by Gasteiger charge is 1.91. The molecule has 0 saturated heterocycles. The van der Waals surface area contributed by atoms with Gasteiger partial charge in [0.2, 0.25) is 0 Å². The van der Waals surface area contributed by atoms with Crippen LogP contribution in [0.4, 0.5) is 0 Å². The Labute approximate surface area is 89.1 Å². The van der Waals surface area contributed by atoms with Gasteiger partial charge in [0.1, 0.15) is 0 Å². The van der Waals surface area contributed by atoms with Crippen molar-refractivity contribution in [1.82, 2.24) is 0 Å². The van der Waals surface area contributed by atoms with Gasteiger partial charge in [-0.1, -0.05) is 50.0 Å². The zero-order valence-electron chi connectivity index (χ0n) is 9.25. The van der Waals surface area contributed by atoms with Gasteiger partial charge >= 0.3 is 0 Å². The smallest absolute Gasteiger partial charge is 0.0169 e. The van der Waals surface area contributed by atoms with Crippen molar-refractivity contribution in [3.05, 3.63) is 30.7 Å². The molecule has 0 saturated carbocycles. The van der Waals surface area contributed by atoms with E-state index in [1.165, 1.54) is 51.4 Å². The molecular weight excluding hydrogens is 168 g/mol. The largest absolute Gasteiger partial charge is 0.0882 e. The lowest BCUT2D eigenvalue weighted by Crippen LogP contribution is -1.81. The van der Waals surface area contributed by atoms with Gasteiger partial charge in [0.25, 0.3) is 0 Å². The van der Waals surface area contributed by atoms with E-state index in [2.05, 4.69) is 30.7 Å². The van der Waals surface area contributed by atoms with Crippen LogP contribution in [0.5, 0.6) is 0 Å². The van der Waals surface area contributed by atoms with E-state index >= 15 is 0 Å². The van der Waals surface area contributed by atoms with Crippen LogP contribution in [0, 0.1) is 6.42 Å². The molecule has 0 aromatic rings. The van der Waals surface area contributed by atoms with Crippen LogP contribution < -0.4 is 0 Å². The van der Waals surface area contributed by atoms with E-state index < -0.39 is 0 Å². The molecule has 0 aliphatic heterocycles. The van der Waals surface area contributed by atoms with Crippen LogP contribution in [0.1, 0.15) is 57.8 Å². The van der Waals surface area contributed by atoms with Crippen LogP contribution >= 0.6 is 0 Å². The number of allylic oxidation sites excluding steroid dienone is 4. The molecule has 0 atom stereocenters. The molecule has 14 heavy (non-hydrogen) atoms. The van der Waals surface area contributed by atoms with Gasteiger partial charge in [0.05, 0.1) is 0 Å². The molecular formula is C14H23. The maximum atomic E-state index is 2.47. The molecule has 0 fully saturated rings. The van der Waals surface area contributed by atoms with E-state index in [1.54, 1.807) is 0 Å². The first-order valence-corrected chi connectivity index (χ1v) is 6.12. The van der Waals surface area contributed by atoms with Crippen molar-refractivity contribution < 1.29 is 0 Å². The highest BCUT2D eigenvalue weighted by Crippen LogP contribution is 2.10. The van der Waals surface area contributed by atoms with Crippen molar-refractivity contribution in [3.8, 4) is 0 Å². The molecule has 0 aromatic heterocycles. The third kappa shape index (κ3) is 6.94. The van der Waals surface area contributed by atoms with E-state index in [0.29, 0.717) is 0 Å². The fourth-order valence-electron chi connectivity index (χ4n) is 1.75. The average Bonchev–Trinajstić information content (AvgIpc) is 2.22. The maximum absolute atomic E-state index is 2.47. The molecule has 0 nitrogen and oxygen atoms in total. The minimum absolute atomic E-state index is 1.13. The van der Waals surface area contributed by atoms with E-state index in [1.807, 2.05) is 0 Å². The number of hydrogen-bond donors (Lipinski definition) is 0. The van der Waals surface area contributed by atoms with Gasteiger partial charge in [-0.05, 0) is 38.5 Å². The predicted octanol–water partition coefficient (Wildman–Crippen LogP) is 4.83. The molecule has 0 spiro atoms. The van der Waals surface area contributed by atoms with Crippen molar-refractivity contribution >= 4 is 0 Å². The molecule has 0 heteroatoms. The number of rotatable bonds is 0. The van der Waals surface area contributed by atoms with Crippen LogP contribution in [0.2, 0.25) is 0 Å². The molecule has 1 aliphatic carbocycles. The third-order valence-corrected chi connectivity index (χ3v) is 2.66. The van der Waals surface area contributed by atoms with Crippen molar-refractivity contribution in [1.29, 1.82) is 0 Å². The topological polar surface area (TPSA) is 0 Å². The quantitative estimate of drug-likeness (QED) is 0.481. The van der Waals surface area contributed by atoms with Crippen molar-refractivity contribution in [3.63, 3.8) is 0 Å². The third-order valence-electron chi connectivity index (χ3n) is 2.66. The Morgan fingerprint density at radius 1 is 0.500 bits per heavy atom. The second-order valence-electron chi connectivity index (χ2n) is 4.04. The lowest BCUT2D eigenvalue weighted by atomic mass is 10.1. The van der Waals surface area contributed by atoms with Gasteiger partial charge in [-0.15, -0.1) is 0 Å². The summed E-state index contributed by atoms with van der Waals surface area (Å²) in [6.07, 6.45) is 23.5. The summed E-state index contributed by atoms with van der Waals surface area (Å²) in [4.78, 5) is 0. The zero-order valence-corrected chi connectivity index (χ0v) is 9.25. The first-order valence-electron chi connectivity index (χ1n) is 6.12. The van der Waals surface area contributed by atoms with Gasteiger partial charge in [-0.3, -0.25) is 0 Å². The van der Waals surface area contributed by atoms with Gasteiger partial charge in [0, 0.05) is 0 Å². The summed E-state index contributed by atoms with van der Waals surface area (Å²) in [5, 5.41) is 0. The Balaban J connectivity index is 2.17. The van der Waals surface area contributed by atoms with E-state index in [-0.39, 0.29) is 0 Å². The van der Waals surface area contributed by atoms with Gasteiger partial charge in [-0.2, -0.15) is 0 Å². The zero-order chi connectivity index (χ0) is 9.90. The molecule has 79 valence electrons. The second-order valence-corrected chi connectivity index (χ2v) is 4.04. The first-order chi connectivity index (χ1) is 7.00. The standard InChI is InChI=1S/C14H23/c1-2-4-6-8-10-12-14-13-11-9-7-5-3-1/h1-2,5,7,12H,3-4,6,8-11,13-14H2. The molecule has 1 aliphatic rings. The average molecular weight is 191 g/mol. The fraction of sp³-hybridized carbons (Fsp3) is 0.643. The van der Waals surface area contributed by atoms with Crippen LogP contribution in [-0.4, -0.2) is 0 Å². The van der Waals surface area contributed by atoms with Crippen molar-refractivity contribution in [2.75, 3.05) is 0 Å². The minimum atomic E-state index is 1.13. The maximum Gasteiger partial charge on any atom is -0.0169 e. The Morgan fingerprint density at radius 3 is 1.57 bits per heavy atom. The SMILES string of the molecule is [CH]1CCCCC=CCC=CCCCC1. The Bertz CT molecular complexity index is 147. The molecule has 1 rings (SSSR count). The second kappa shape index (κ2) is 9.05. The molecule has 0 N–H and O–H groups in total. The van der Waals surface area contributed by atoms with Crippen LogP contribution in [0.3, 0.4) is 0 Å². The Hall–Kier alpha value is -0.520. The molecule has 0 amide bonds. The summed E-state index contributed by atoms with van der Waals surface area (Å²) in [5.74, 6) is 0. The highest BCUT2D eigenvalue weighted by atomic mass is 14.0. The lowest BCUT2D eigenvalue weighted by Gasteiger charge is -2.00. The van der Waals surface area contributed by atoms with Crippen molar-refractivity contribution in [2.24, 2.45) is 0 Å². The van der Waals surface area contributed by atoms with Crippen LogP contribution in [0.15, 0.2) is 24.3 Å². The summed E-state index contributed by atoms with van der Waals surface area (Å²) in [7, 11) is 0. The van der Waals surface area contributed by atoms with Crippen LogP contribution in [-0.2, 0) is 0 Å². The van der Waals surface area contributed by atoms with E-state index in [4.69, 9.17) is 0 Å². The normalized spacial score (nSPS) is 21.7. The summed E-state index contributed by atoms with van der Waals surface area (Å²) < 4.78 is 0. The summed E-state index contributed by atoms with van der Waals surface area (Å²) in [6, 6.07) is 0. The minimum Gasteiger partial charge on any atom is -0.0882 e. The number of hydrogen-bond acceptors (Lipinski definition) is 0. The summed E-state index contributed by atoms with van der Waals surface area (Å²) in [6.45, 7) is 0. The summed E-state index contributed by atoms with van der Waals surface area (Å²) >= 11 is 0. The molecule has 0 heterocycles. The Kier molecular flexibility index (Phi) is 7.47. The monoisotopic (exact) mass is 191 g/mol. The van der Waals surface area contributed by atoms with Crippen LogP contribution in [0.25, 0.3) is 0 Å².